The van der Waals surface area contributed by atoms with Crippen LogP contribution in [0.4, 0.5) is 5.82 Å². The van der Waals surface area contributed by atoms with E-state index in [0.29, 0.717) is 24.2 Å². The molecule has 0 aromatic carbocycles. The fourth-order valence-electron chi connectivity index (χ4n) is 2.39. The maximum atomic E-state index is 12.0. The number of rotatable bonds is 5. The van der Waals surface area contributed by atoms with Gasteiger partial charge < -0.3 is 5.32 Å². The van der Waals surface area contributed by atoms with Crippen LogP contribution in [0, 0.1) is 11.3 Å². The van der Waals surface area contributed by atoms with E-state index in [0.717, 1.165) is 12.8 Å². The fraction of sp³-hybridized carbons (Fsp3) is 0.500. The highest BCUT2D eigenvalue weighted by molar-refractivity contribution is 7.92. The topological polar surface area (TPSA) is 99.9 Å². The Bertz CT molecular complexity index is 641. The van der Waals surface area contributed by atoms with Crippen LogP contribution >= 0.6 is 0 Å². The lowest BCUT2D eigenvalue weighted by molar-refractivity contribution is -0.115. The highest BCUT2D eigenvalue weighted by Crippen LogP contribution is 2.25. The molecule has 0 radical (unpaired) electrons. The summed E-state index contributed by atoms with van der Waals surface area (Å²) in [5, 5.41) is 10.9. The van der Waals surface area contributed by atoms with Crippen molar-refractivity contribution in [2.45, 2.75) is 37.4 Å². The molecule has 1 fully saturated rings. The van der Waals surface area contributed by atoms with Crippen LogP contribution in [0.25, 0.3) is 0 Å². The van der Waals surface area contributed by atoms with Gasteiger partial charge >= 0.3 is 0 Å². The molecule has 1 heterocycles. The van der Waals surface area contributed by atoms with Gasteiger partial charge in [0.05, 0.1) is 16.6 Å². The molecule has 1 saturated carbocycles. The zero-order chi connectivity index (χ0) is 15.3. The number of aromatic nitrogens is 1. The largest absolute Gasteiger partial charge is 0.311 e. The van der Waals surface area contributed by atoms with Crippen LogP contribution in [0.1, 0.15) is 37.7 Å². The van der Waals surface area contributed by atoms with Gasteiger partial charge in [-0.15, -0.1) is 0 Å². The molecule has 112 valence electrons. The first-order valence-corrected chi connectivity index (χ1v) is 8.60. The lowest BCUT2D eigenvalue weighted by atomic mass is 10.3. The molecule has 1 amide bonds. The number of nitrogens with one attached hydrogen (secondary N) is 1. The molecule has 1 aromatic rings. The Hall–Kier alpha value is -1.94. The summed E-state index contributed by atoms with van der Waals surface area (Å²) in [6, 6.07) is 4.98. The van der Waals surface area contributed by atoms with Gasteiger partial charge in [0.2, 0.25) is 5.91 Å². The number of hydrogen-bond donors (Lipinski definition) is 1. The van der Waals surface area contributed by atoms with Crippen molar-refractivity contribution in [3.8, 4) is 6.07 Å². The smallest absolute Gasteiger partial charge is 0.226 e. The summed E-state index contributed by atoms with van der Waals surface area (Å²) >= 11 is 0. The summed E-state index contributed by atoms with van der Waals surface area (Å²) in [5.41, 5.74) is 0.400. The van der Waals surface area contributed by atoms with Gasteiger partial charge in [-0.25, -0.2) is 13.4 Å². The van der Waals surface area contributed by atoms with Crippen LogP contribution in [-0.2, 0) is 14.6 Å². The third-order valence-corrected chi connectivity index (χ3v) is 5.84. The molecule has 2 rings (SSSR count). The van der Waals surface area contributed by atoms with Crippen molar-refractivity contribution in [3.63, 3.8) is 0 Å². The first-order valence-electron chi connectivity index (χ1n) is 6.89. The second kappa shape index (κ2) is 6.68. The summed E-state index contributed by atoms with van der Waals surface area (Å²) in [6.07, 6.45) is 4.60. The number of carbonyl (C=O) groups excluding carboxylic acids is 1. The van der Waals surface area contributed by atoms with Crippen LogP contribution < -0.4 is 5.32 Å². The molecule has 0 unspecified atom stereocenters. The summed E-state index contributed by atoms with van der Waals surface area (Å²) < 4.78 is 24.1. The molecule has 6 nitrogen and oxygen atoms in total. The van der Waals surface area contributed by atoms with Crippen LogP contribution in [0.15, 0.2) is 18.3 Å². The highest BCUT2D eigenvalue weighted by Gasteiger charge is 2.28. The first-order chi connectivity index (χ1) is 10.0. The second-order valence-electron chi connectivity index (χ2n) is 5.12. The van der Waals surface area contributed by atoms with Crippen LogP contribution in [0.2, 0.25) is 0 Å². The third kappa shape index (κ3) is 4.26. The van der Waals surface area contributed by atoms with Gasteiger partial charge in [-0.1, -0.05) is 12.8 Å². The normalized spacial score (nSPS) is 15.6. The Morgan fingerprint density at radius 3 is 2.67 bits per heavy atom. The van der Waals surface area contributed by atoms with Crippen molar-refractivity contribution in [1.82, 2.24) is 4.98 Å². The Morgan fingerprint density at radius 2 is 2.10 bits per heavy atom. The van der Waals surface area contributed by atoms with E-state index in [1.165, 1.54) is 18.3 Å². The van der Waals surface area contributed by atoms with Gasteiger partial charge in [0.25, 0.3) is 0 Å². The molecular formula is C14H17N3O3S. The fourth-order valence-corrected chi connectivity index (χ4v) is 4.24. The molecule has 7 heteroatoms. The van der Waals surface area contributed by atoms with Crippen molar-refractivity contribution < 1.29 is 13.2 Å². The predicted octanol–water partition coefficient (Wildman–Crippen LogP) is 1.64. The minimum Gasteiger partial charge on any atom is -0.311 e. The average Bonchev–Trinajstić information content (AvgIpc) is 3.01. The lowest BCUT2D eigenvalue weighted by Gasteiger charge is -2.10. The highest BCUT2D eigenvalue weighted by atomic mass is 32.2. The Kier molecular flexibility index (Phi) is 4.91. The molecule has 1 aliphatic carbocycles. The summed E-state index contributed by atoms with van der Waals surface area (Å²) in [7, 11) is -3.18. The zero-order valence-electron chi connectivity index (χ0n) is 11.6. The molecule has 1 aromatic heterocycles. The van der Waals surface area contributed by atoms with E-state index >= 15 is 0 Å². The van der Waals surface area contributed by atoms with E-state index in [1.807, 2.05) is 6.07 Å². The van der Waals surface area contributed by atoms with Crippen molar-refractivity contribution in [2.75, 3.05) is 11.1 Å². The van der Waals surface area contributed by atoms with Crippen molar-refractivity contribution >= 4 is 21.6 Å². The SMILES string of the molecule is N#Cc1ccc(NC(=O)CCS(=O)(=O)C2CCCC2)nc1. The van der Waals surface area contributed by atoms with Crippen LogP contribution in [0.3, 0.4) is 0 Å². The van der Waals surface area contributed by atoms with E-state index in [9.17, 15) is 13.2 Å². The van der Waals surface area contributed by atoms with Crippen LogP contribution in [-0.4, -0.2) is 30.3 Å². The molecule has 0 bridgehead atoms. The van der Waals surface area contributed by atoms with Gasteiger partial charge in [-0.05, 0) is 25.0 Å². The van der Waals surface area contributed by atoms with Gasteiger partial charge in [-0.3, -0.25) is 4.79 Å². The van der Waals surface area contributed by atoms with Gasteiger partial charge in [-0.2, -0.15) is 5.26 Å². The summed E-state index contributed by atoms with van der Waals surface area (Å²) in [6.45, 7) is 0. The number of amides is 1. The van der Waals surface area contributed by atoms with Gasteiger partial charge in [0, 0.05) is 12.6 Å². The third-order valence-electron chi connectivity index (χ3n) is 3.58. The van der Waals surface area contributed by atoms with E-state index < -0.39 is 9.84 Å². The molecule has 0 saturated heterocycles. The lowest BCUT2D eigenvalue weighted by Crippen LogP contribution is -2.24. The first kappa shape index (κ1) is 15.4. The van der Waals surface area contributed by atoms with Crippen LogP contribution in [0.5, 0.6) is 0 Å². The number of nitrogens with zero attached hydrogens (tertiary/aromatic N) is 2. The molecule has 0 aliphatic heterocycles. The van der Waals surface area contributed by atoms with E-state index in [1.54, 1.807) is 0 Å². The molecule has 0 atom stereocenters. The number of pyridine rings is 1. The number of sulfone groups is 1. The quantitative estimate of drug-likeness (QED) is 0.891. The molecule has 21 heavy (non-hydrogen) atoms. The monoisotopic (exact) mass is 307 g/mol. The Labute approximate surface area is 124 Å². The number of carbonyl (C=O) groups is 1. The van der Waals surface area contributed by atoms with Gasteiger partial charge in [0.15, 0.2) is 9.84 Å². The molecule has 0 spiro atoms. The second-order valence-corrected chi connectivity index (χ2v) is 7.52. The van der Waals surface area contributed by atoms with E-state index in [2.05, 4.69) is 10.3 Å². The predicted molar refractivity (Wildman–Crippen MR) is 78.2 cm³/mol. The van der Waals surface area contributed by atoms with E-state index in [-0.39, 0.29) is 23.3 Å². The minimum absolute atomic E-state index is 0.0689. The molecule has 1 aliphatic rings. The van der Waals surface area contributed by atoms with Crippen molar-refractivity contribution in [2.24, 2.45) is 0 Å². The van der Waals surface area contributed by atoms with Gasteiger partial charge in [0.1, 0.15) is 11.9 Å². The summed E-state index contributed by atoms with van der Waals surface area (Å²) in [4.78, 5) is 15.7. The zero-order valence-corrected chi connectivity index (χ0v) is 12.4. The maximum absolute atomic E-state index is 12.0. The molecule has 1 N–H and O–H groups in total. The minimum atomic E-state index is -3.18. The summed E-state index contributed by atoms with van der Waals surface area (Å²) in [5.74, 6) is -0.189. The number of nitriles is 1. The van der Waals surface area contributed by atoms with Crippen molar-refractivity contribution in [1.29, 1.82) is 5.26 Å². The maximum Gasteiger partial charge on any atom is 0.226 e. The Balaban J connectivity index is 1.85. The number of anilines is 1. The molecular weight excluding hydrogens is 290 g/mol. The number of hydrogen-bond acceptors (Lipinski definition) is 5. The average molecular weight is 307 g/mol. The van der Waals surface area contributed by atoms with E-state index in [4.69, 9.17) is 5.26 Å². The van der Waals surface area contributed by atoms with Crippen molar-refractivity contribution in [3.05, 3.63) is 23.9 Å². The Morgan fingerprint density at radius 1 is 1.38 bits per heavy atom. The standard InChI is InChI=1S/C14H17N3O3S/c15-9-11-5-6-13(16-10-11)17-14(18)7-8-21(19,20)12-3-1-2-4-12/h5-6,10,12H,1-4,7-8H2,(H,16,17,18).